The molecule has 0 radical (unpaired) electrons. The molecule has 0 aliphatic carbocycles. The minimum absolute atomic E-state index is 0.545. The number of hydrogen-bond donors (Lipinski definition) is 0. The van der Waals surface area contributed by atoms with E-state index in [-0.39, 0.29) is 0 Å². The van der Waals surface area contributed by atoms with Gasteiger partial charge in [-0.15, -0.1) is 0 Å². The Morgan fingerprint density at radius 3 is 0.917 bits per heavy atom. The van der Waals surface area contributed by atoms with Crippen molar-refractivity contribution in [3.05, 3.63) is 347 Å². The number of pyridine rings is 8. The Balaban J connectivity index is 0.000000143. The van der Waals surface area contributed by atoms with E-state index in [0.717, 1.165) is 199 Å². The summed E-state index contributed by atoms with van der Waals surface area (Å²) < 4.78 is 0. The Labute approximate surface area is 618 Å². The number of rotatable bonds is 10. The van der Waals surface area contributed by atoms with Crippen LogP contribution >= 0.6 is 0 Å². The molecule has 0 fully saturated rings. The van der Waals surface area contributed by atoms with Crippen LogP contribution in [0.4, 0.5) is 0 Å². The Morgan fingerprint density at radius 1 is 0.167 bits per heavy atom. The summed E-state index contributed by atoms with van der Waals surface area (Å²) in [6, 6.07) is 110. The van der Waals surface area contributed by atoms with E-state index in [1.165, 1.54) is 12.7 Å². The Bertz CT molecular complexity index is 7110. The second-order valence-electron chi connectivity index (χ2n) is 26.8. The molecule has 0 saturated heterocycles. The zero-order chi connectivity index (χ0) is 71.4. The van der Waals surface area contributed by atoms with Crippen molar-refractivity contribution in [2.24, 2.45) is 0 Å². The normalized spacial score (nSPS) is 11.5. The number of benzene rings is 11. The van der Waals surface area contributed by atoms with Gasteiger partial charge in [-0.2, -0.15) is 0 Å². The molecule has 13 heteroatoms. The van der Waals surface area contributed by atoms with Gasteiger partial charge in [0.25, 0.3) is 0 Å². The predicted octanol–water partition coefficient (Wildman–Crippen LogP) is 22.6. The highest BCUT2D eigenvalue weighted by atomic mass is 15.0. The summed E-state index contributed by atoms with van der Waals surface area (Å²) in [6.45, 7) is 0. The molecule has 10 heterocycles. The van der Waals surface area contributed by atoms with Gasteiger partial charge in [-0.3, -0.25) is 9.97 Å². The van der Waals surface area contributed by atoms with Gasteiger partial charge in [-0.25, -0.2) is 54.8 Å². The molecule has 502 valence electrons. The van der Waals surface area contributed by atoms with Crippen LogP contribution in [0.5, 0.6) is 0 Å². The molecular formula is C95H57N13. The van der Waals surface area contributed by atoms with E-state index in [1.807, 2.05) is 54.6 Å². The van der Waals surface area contributed by atoms with Crippen molar-refractivity contribution < 1.29 is 0 Å². The zero-order valence-corrected chi connectivity index (χ0v) is 57.7. The smallest absolute Gasteiger partial charge is 0.181 e. The maximum absolute atomic E-state index is 5.19. The fourth-order valence-corrected chi connectivity index (χ4v) is 14.4. The lowest BCUT2D eigenvalue weighted by Crippen LogP contribution is -1.93. The molecule has 0 saturated carbocycles. The van der Waals surface area contributed by atoms with Crippen molar-refractivity contribution in [3.63, 3.8) is 0 Å². The molecule has 0 N–H and O–H groups in total. The molecule has 21 rings (SSSR count). The number of hydrogen-bond acceptors (Lipinski definition) is 13. The van der Waals surface area contributed by atoms with Crippen LogP contribution in [0, 0.1) is 0 Å². The van der Waals surface area contributed by atoms with Gasteiger partial charge in [0, 0.05) is 88.9 Å². The highest BCUT2D eigenvalue weighted by molar-refractivity contribution is 6.06. The SMILES string of the molecule is c1ccc(-c2ccc3ccc4ccc(-c5ccc(-c6ccc7ccc(-c8ccc9ccc(-c%10ncncn%10)nc9c8)nc7c6)cc5)nc4c3n2)cc1.c1ccc(-c2ccc3ccc4ccc(-c5ccc6cc(-c7ccc8ccc(-c9ccc%10ccc(-c%11cnccn%11)nc%10c9)nc8c7)ccc6c5)nc4c3n2)cc1. The van der Waals surface area contributed by atoms with E-state index < -0.39 is 0 Å². The van der Waals surface area contributed by atoms with E-state index in [1.54, 1.807) is 18.6 Å². The van der Waals surface area contributed by atoms with Crippen LogP contribution < -0.4 is 0 Å². The highest BCUT2D eigenvalue weighted by Gasteiger charge is 2.16. The maximum atomic E-state index is 5.19. The van der Waals surface area contributed by atoms with Crippen molar-refractivity contribution in [1.29, 1.82) is 0 Å². The molecule has 21 aromatic rings. The third-order valence-electron chi connectivity index (χ3n) is 20.1. The summed E-state index contributed by atoms with van der Waals surface area (Å²) in [5.74, 6) is 0.545. The lowest BCUT2D eigenvalue weighted by molar-refractivity contribution is 1.05. The molecule has 0 aliphatic rings. The van der Waals surface area contributed by atoms with E-state index >= 15 is 0 Å². The van der Waals surface area contributed by atoms with Gasteiger partial charge < -0.3 is 0 Å². The number of fused-ring (bicyclic) bond motifs is 11. The first kappa shape index (κ1) is 62.8. The molecule has 108 heavy (non-hydrogen) atoms. The van der Waals surface area contributed by atoms with E-state index in [0.29, 0.717) is 11.5 Å². The van der Waals surface area contributed by atoms with Gasteiger partial charge in [0.1, 0.15) is 24.0 Å². The molecule has 0 unspecified atom stereocenters. The summed E-state index contributed by atoms with van der Waals surface area (Å²) in [5.41, 5.74) is 25.8. The van der Waals surface area contributed by atoms with Crippen molar-refractivity contribution in [2.75, 3.05) is 0 Å². The Hall–Kier alpha value is -15.0. The second kappa shape index (κ2) is 26.7. The van der Waals surface area contributed by atoms with Crippen molar-refractivity contribution in [1.82, 2.24) is 64.8 Å². The summed E-state index contributed by atoms with van der Waals surface area (Å²) >= 11 is 0. The topological polar surface area (TPSA) is 168 Å². The fourth-order valence-electron chi connectivity index (χ4n) is 14.4. The molecule has 13 nitrogen and oxygen atoms in total. The molecule has 10 aromatic heterocycles. The number of aromatic nitrogens is 13. The first-order valence-electron chi connectivity index (χ1n) is 35.6. The lowest BCUT2D eigenvalue weighted by atomic mass is 9.98. The first-order chi connectivity index (χ1) is 53.4. The van der Waals surface area contributed by atoms with Crippen molar-refractivity contribution in [3.8, 4) is 113 Å². The van der Waals surface area contributed by atoms with Crippen LogP contribution in [-0.2, 0) is 0 Å². The van der Waals surface area contributed by atoms with Gasteiger partial charge in [-0.05, 0) is 118 Å². The van der Waals surface area contributed by atoms with Crippen molar-refractivity contribution in [2.45, 2.75) is 0 Å². The summed E-state index contributed by atoms with van der Waals surface area (Å²) in [5, 5.41) is 10.9. The maximum Gasteiger partial charge on any atom is 0.181 e. The van der Waals surface area contributed by atoms with Gasteiger partial charge in [0.05, 0.1) is 90.2 Å². The second-order valence-corrected chi connectivity index (χ2v) is 26.8. The Kier molecular flexibility index (Phi) is 15.5. The molecule has 11 aromatic carbocycles. The van der Waals surface area contributed by atoms with Gasteiger partial charge in [-0.1, -0.05) is 231 Å². The van der Waals surface area contributed by atoms with Crippen molar-refractivity contribution >= 4 is 98.0 Å². The van der Waals surface area contributed by atoms with E-state index in [9.17, 15) is 0 Å². The predicted molar refractivity (Wildman–Crippen MR) is 436 cm³/mol. The van der Waals surface area contributed by atoms with Crippen LogP contribution in [-0.4, -0.2) is 64.8 Å². The first-order valence-corrected chi connectivity index (χ1v) is 35.6. The molecular weight excluding hydrogens is 1320 g/mol. The minimum atomic E-state index is 0.545. The fraction of sp³-hybridized carbons (Fsp3) is 0. The van der Waals surface area contributed by atoms with Crippen LogP contribution in [0.15, 0.2) is 347 Å². The van der Waals surface area contributed by atoms with E-state index in [2.05, 4.69) is 286 Å². The summed E-state index contributed by atoms with van der Waals surface area (Å²) in [7, 11) is 0. The van der Waals surface area contributed by atoms with Crippen LogP contribution in [0.1, 0.15) is 0 Å². The van der Waals surface area contributed by atoms with Crippen LogP contribution in [0.3, 0.4) is 0 Å². The molecule has 0 bridgehead atoms. The van der Waals surface area contributed by atoms with Crippen LogP contribution in [0.25, 0.3) is 211 Å². The molecule has 0 atom stereocenters. The monoisotopic (exact) mass is 1380 g/mol. The van der Waals surface area contributed by atoms with Gasteiger partial charge >= 0.3 is 0 Å². The third-order valence-corrected chi connectivity index (χ3v) is 20.1. The third kappa shape index (κ3) is 12.1. The molecule has 0 aliphatic heterocycles. The standard InChI is InChI=1S/C50H30N6.C45H27N7/c1-2-4-31(5-3-1)42-21-18-34-8-9-35-19-22-44(56-50(35)49(34)55-42)40-15-13-36-26-37(11-12-38(36)27-40)39-10-6-32-16-20-43(53-46(32)28-39)41-14-7-33-17-23-45(54-47(33)29-41)48-30-51-24-25-52-48;1-2-4-29(5-3-1)37-21-18-33-12-13-34-19-22-38(52-44(34)43(33)51-37)30-8-6-28(7-9-30)35-14-10-31-16-20-39(49-41(31)24-35)36-15-11-32-17-23-40(50-42(32)25-36)45-47-26-46-27-48-45/h1-30H;1-27H. The average molecular weight is 1380 g/mol. The molecule has 0 spiro atoms. The van der Waals surface area contributed by atoms with Crippen LogP contribution in [0.2, 0.25) is 0 Å². The quantitative estimate of drug-likeness (QED) is 0.119. The molecule has 0 amide bonds. The lowest BCUT2D eigenvalue weighted by Gasteiger charge is -2.10. The zero-order valence-electron chi connectivity index (χ0n) is 57.7. The van der Waals surface area contributed by atoms with Gasteiger partial charge in [0.2, 0.25) is 0 Å². The Morgan fingerprint density at radius 2 is 0.463 bits per heavy atom. The van der Waals surface area contributed by atoms with Gasteiger partial charge in [0.15, 0.2) is 5.82 Å². The number of nitrogens with zero attached hydrogens (tertiary/aromatic N) is 13. The minimum Gasteiger partial charge on any atom is -0.261 e. The average Bonchev–Trinajstić information content (AvgIpc) is 0.772. The largest absolute Gasteiger partial charge is 0.261 e. The summed E-state index contributed by atoms with van der Waals surface area (Å²) in [4.78, 5) is 61.5. The summed E-state index contributed by atoms with van der Waals surface area (Å²) in [6.07, 6.45) is 8.05. The highest BCUT2D eigenvalue weighted by Crippen LogP contribution is 2.37. The van der Waals surface area contributed by atoms with E-state index in [4.69, 9.17) is 39.9 Å².